The number of thiophene rings is 1. The highest BCUT2D eigenvalue weighted by atomic mass is 35.5. The maximum atomic E-state index is 12.4. The van der Waals surface area contributed by atoms with E-state index in [-0.39, 0.29) is 36.2 Å². The van der Waals surface area contributed by atoms with Crippen LogP contribution in [0.1, 0.15) is 27.6 Å². The Bertz CT molecular complexity index is 694. The van der Waals surface area contributed by atoms with Crippen LogP contribution < -0.4 is 11.1 Å². The van der Waals surface area contributed by atoms with E-state index in [1.807, 2.05) is 29.6 Å². The summed E-state index contributed by atoms with van der Waals surface area (Å²) in [6.45, 7) is 1.55. The number of rotatable bonds is 5. The maximum absolute atomic E-state index is 12.4. The Morgan fingerprint density at radius 3 is 2.60 bits per heavy atom. The van der Waals surface area contributed by atoms with E-state index in [4.69, 9.17) is 5.73 Å². The quantitative estimate of drug-likeness (QED) is 0.836. The molecule has 7 heteroatoms. The molecular formula is C18H22ClN3O2S. The minimum Gasteiger partial charge on any atom is -0.351 e. The zero-order valence-electron chi connectivity index (χ0n) is 13.8. The molecule has 2 heterocycles. The summed E-state index contributed by atoms with van der Waals surface area (Å²) in [7, 11) is 0. The van der Waals surface area contributed by atoms with E-state index in [2.05, 4.69) is 17.4 Å². The lowest BCUT2D eigenvalue weighted by Crippen LogP contribution is -2.34. The van der Waals surface area contributed by atoms with Crippen LogP contribution in [0.25, 0.3) is 0 Å². The number of halogens is 1. The van der Waals surface area contributed by atoms with Crippen LogP contribution in [0.3, 0.4) is 0 Å². The van der Waals surface area contributed by atoms with E-state index in [0.717, 1.165) is 0 Å². The fraction of sp³-hybridized carbons (Fsp3) is 0.333. The van der Waals surface area contributed by atoms with Gasteiger partial charge in [-0.3, -0.25) is 9.59 Å². The van der Waals surface area contributed by atoms with Gasteiger partial charge < -0.3 is 16.0 Å². The highest BCUT2D eigenvalue weighted by Crippen LogP contribution is 2.26. The number of nitrogens with one attached hydrogen (secondary N) is 1. The molecule has 3 rings (SSSR count). The predicted molar refractivity (Wildman–Crippen MR) is 102 cm³/mol. The van der Waals surface area contributed by atoms with Crippen molar-refractivity contribution in [1.29, 1.82) is 0 Å². The molecule has 0 unspecified atom stereocenters. The van der Waals surface area contributed by atoms with Gasteiger partial charge >= 0.3 is 0 Å². The molecule has 5 nitrogen and oxygen atoms in total. The van der Waals surface area contributed by atoms with Crippen molar-refractivity contribution in [3.05, 3.63) is 58.3 Å². The van der Waals surface area contributed by atoms with Crippen molar-refractivity contribution in [2.24, 2.45) is 5.73 Å². The molecule has 1 aromatic heterocycles. The van der Waals surface area contributed by atoms with Crippen molar-refractivity contribution in [2.45, 2.75) is 18.4 Å². The molecule has 3 N–H and O–H groups in total. The standard InChI is InChI=1S/C18H21N3O2S.ClH/c19-15-12-21(11-14(15)13-5-2-1-3-6-13)17(22)8-9-20-18(23)16-7-4-10-24-16;/h1-7,10,14-15H,8-9,11-12,19H2,(H,20,23);1H/t14-,15+;/m0./s1. The average Bonchev–Trinajstić information content (AvgIpc) is 3.25. The van der Waals surface area contributed by atoms with Crippen LogP contribution in [0.15, 0.2) is 47.8 Å². The Morgan fingerprint density at radius 1 is 1.16 bits per heavy atom. The zero-order valence-corrected chi connectivity index (χ0v) is 15.4. The van der Waals surface area contributed by atoms with Crippen molar-refractivity contribution < 1.29 is 9.59 Å². The molecule has 1 saturated heterocycles. The van der Waals surface area contributed by atoms with Gasteiger partial charge in [0.25, 0.3) is 5.91 Å². The normalized spacial score (nSPS) is 19.3. The van der Waals surface area contributed by atoms with E-state index in [1.54, 1.807) is 11.0 Å². The van der Waals surface area contributed by atoms with Crippen LogP contribution in [-0.2, 0) is 4.79 Å². The van der Waals surface area contributed by atoms with E-state index >= 15 is 0 Å². The largest absolute Gasteiger partial charge is 0.351 e. The second-order valence-electron chi connectivity index (χ2n) is 5.96. The third-order valence-electron chi connectivity index (χ3n) is 4.31. The molecule has 0 radical (unpaired) electrons. The van der Waals surface area contributed by atoms with Crippen molar-refractivity contribution in [2.75, 3.05) is 19.6 Å². The SMILES string of the molecule is Cl.N[C@@H]1CN(C(=O)CCNC(=O)c2cccs2)C[C@H]1c1ccccc1. The fourth-order valence-corrected chi connectivity index (χ4v) is 3.66. The van der Waals surface area contributed by atoms with Gasteiger partial charge in [0.2, 0.25) is 5.91 Å². The Kier molecular flexibility index (Phi) is 6.99. The van der Waals surface area contributed by atoms with Crippen LogP contribution in [0, 0.1) is 0 Å². The van der Waals surface area contributed by atoms with Crippen LogP contribution in [0.4, 0.5) is 0 Å². The van der Waals surface area contributed by atoms with Gasteiger partial charge in [0, 0.05) is 38.0 Å². The Morgan fingerprint density at radius 2 is 1.92 bits per heavy atom. The average molecular weight is 380 g/mol. The highest BCUT2D eigenvalue weighted by molar-refractivity contribution is 7.12. The Hall–Kier alpha value is -1.89. The minimum absolute atomic E-state index is 0. The molecule has 2 aromatic rings. The number of benzene rings is 1. The van der Waals surface area contributed by atoms with E-state index in [9.17, 15) is 9.59 Å². The monoisotopic (exact) mass is 379 g/mol. The number of carbonyl (C=O) groups excluding carboxylic acids is 2. The number of nitrogens with two attached hydrogens (primary N) is 1. The van der Waals surface area contributed by atoms with E-state index in [0.29, 0.717) is 30.9 Å². The van der Waals surface area contributed by atoms with Crippen molar-refractivity contribution in [1.82, 2.24) is 10.2 Å². The predicted octanol–water partition coefficient (Wildman–Crippen LogP) is 2.24. The zero-order chi connectivity index (χ0) is 16.9. The van der Waals surface area contributed by atoms with Gasteiger partial charge in [0.05, 0.1) is 4.88 Å². The van der Waals surface area contributed by atoms with Gasteiger partial charge in [-0.2, -0.15) is 0 Å². The van der Waals surface area contributed by atoms with Crippen LogP contribution in [-0.4, -0.2) is 42.4 Å². The number of hydrogen-bond acceptors (Lipinski definition) is 4. The third kappa shape index (κ3) is 4.81. The minimum atomic E-state index is -0.127. The van der Waals surface area contributed by atoms with Crippen LogP contribution in [0.2, 0.25) is 0 Å². The first kappa shape index (κ1) is 19.4. The van der Waals surface area contributed by atoms with Gasteiger partial charge in [-0.25, -0.2) is 0 Å². The summed E-state index contributed by atoms with van der Waals surface area (Å²) in [6.07, 6.45) is 0.297. The van der Waals surface area contributed by atoms with Gasteiger partial charge in [-0.15, -0.1) is 23.7 Å². The molecule has 0 spiro atoms. The van der Waals surface area contributed by atoms with Gasteiger partial charge in [0.1, 0.15) is 0 Å². The van der Waals surface area contributed by atoms with Gasteiger partial charge in [0.15, 0.2) is 0 Å². The molecule has 1 aromatic carbocycles. The summed E-state index contributed by atoms with van der Waals surface area (Å²) in [5, 5.41) is 4.64. The third-order valence-corrected chi connectivity index (χ3v) is 5.18. The summed E-state index contributed by atoms with van der Waals surface area (Å²) in [4.78, 5) is 26.7. The van der Waals surface area contributed by atoms with Crippen LogP contribution in [0.5, 0.6) is 0 Å². The molecule has 25 heavy (non-hydrogen) atoms. The number of amides is 2. The second kappa shape index (κ2) is 8.99. The number of carbonyl (C=O) groups is 2. The molecule has 2 amide bonds. The van der Waals surface area contributed by atoms with Crippen molar-refractivity contribution in [3.63, 3.8) is 0 Å². The van der Waals surface area contributed by atoms with Crippen molar-refractivity contribution >= 4 is 35.6 Å². The highest BCUT2D eigenvalue weighted by Gasteiger charge is 2.33. The lowest BCUT2D eigenvalue weighted by Gasteiger charge is -2.16. The molecule has 1 aliphatic rings. The van der Waals surface area contributed by atoms with E-state index in [1.165, 1.54) is 16.9 Å². The fourth-order valence-electron chi connectivity index (χ4n) is 3.02. The maximum Gasteiger partial charge on any atom is 0.261 e. The molecule has 134 valence electrons. The summed E-state index contributed by atoms with van der Waals surface area (Å²) in [6, 6.07) is 13.6. The Balaban J connectivity index is 0.00000225. The summed E-state index contributed by atoms with van der Waals surface area (Å²) < 4.78 is 0. The first-order chi connectivity index (χ1) is 11.6. The molecule has 0 aliphatic carbocycles. The van der Waals surface area contributed by atoms with E-state index < -0.39 is 0 Å². The van der Waals surface area contributed by atoms with Gasteiger partial charge in [-0.1, -0.05) is 36.4 Å². The van der Waals surface area contributed by atoms with Gasteiger partial charge in [-0.05, 0) is 17.0 Å². The Labute approximate surface area is 157 Å². The molecule has 0 bridgehead atoms. The summed E-state index contributed by atoms with van der Waals surface area (Å²) >= 11 is 1.39. The topological polar surface area (TPSA) is 75.4 Å². The first-order valence-electron chi connectivity index (χ1n) is 8.05. The number of nitrogens with zero attached hydrogens (tertiary/aromatic N) is 1. The van der Waals surface area contributed by atoms with Crippen LogP contribution >= 0.6 is 23.7 Å². The first-order valence-corrected chi connectivity index (χ1v) is 8.93. The molecule has 2 atom stereocenters. The molecule has 0 saturated carbocycles. The molecule has 1 aliphatic heterocycles. The smallest absolute Gasteiger partial charge is 0.261 e. The summed E-state index contributed by atoms with van der Waals surface area (Å²) in [5.41, 5.74) is 7.39. The number of likely N-dealkylation sites (tertiary alicyclic amines) is 1. The lowest BCUT2D eigenvalue weighted by atomic mass is 9.95. The van der Waals surface area contributed by atoms with Crippen molar-refractivity contribution in [3.8, 4) is 0 Å². The number of hydrogen-bond donors (Lipinski definition) is 2. The molecule has 1 fully saturated rings. The second-order valence-corrected chi connectivity index (χ2v) is 6.91. The molecular weight excluding hydrogens is 358 g/mol. The lowest BCUT2D eigenvalue weighted by molar-refractivity contribution is -0.130. The summed E-state index contributed by atoms with van der Waals surface area (Å²) in [5.74, 6) is 0.0873.